The number of ether oxygens (including phenoxy) is 1. The number of aromatic nitrogens is 2. The molecule has 1 aromatic heterocycles. The minimum Gasteiger partial charge on any atom is -0.492 e. The molecule has 0 spiro atoms. The number of halogens is 3. The van der Waals surface area contributed by atoms with Gasteiger partial charge in [0.15, 0.2) is 5.78 Å². The SMILES string of the molecule is CCOc1ccc(C(F)(F)F)cc1NCC(=O)c1c(N)n(CC(C)C)c(=O)n(C)c1=O. The second-order valence-corrected chi connectivity index (χ2v) is 7.33. The zero-order valence-electron chi connectivity index (χ0n) is 17.7. The lowest BCUT2D eigenvalue weighted by molar-refractivity contribution is -0.137. The number of alkyl halides is 3. The molecule has 0 radical (unpaired) electrons. The van der Waals surface area contributed by atoms with E-state index in [1.165, 1.54) is 7.05 Å². The molecule has 0 saturated carbocycles. The minimum absolute atomic E-state index is 0.0115. The van der Waals surface area contributed by atoms with Gasteiger partial charge in [0.1, 0.15) is 17.1 Å². The van der Waals surface area contributed by atoms with E-state index in [4.69, 9.17) is 10.5 Å². The highest BCUT2D eigenvalue weighted by molar-refractivity contribution is 6.02. The van der Waals surface area contributed by atoms with E-state index in [1.54, 1.807) is 6.92 Å². The van der Waals surface area contributed by atoms with E-state index in [0.29, 0.717) is 0 Å². The lowest BCUT2D eigenvalue weighted by atomic mass is 10.1. The number of nitrogens with zero attached hydrogens (tertiary/aromatic N) is 2. The van der Waals surface area contributed by atoms with Crippen molar-refractivity contribution in [3.05, 3.63) is 50.2 Å². The van der Waals surface area contributed by atoms with Gasteiger partial charge in [-0.3, -0.25) is 18.7 Å². The van der Waals surface area contributed by atoms with Crippen LogP contribution in [-0.2, 0) is 19.8 Å². The van der Waals surface area contributed by atoms with Crippen LogP contribution in [0.15, 0.2) is 27.8 Å². The first-order valence-electron chi connectivity index (χ1n) is 9.58. The predicted octanol–water partition coefficient (Wildman–Crippen LogP) is 2.50. The number of anilines is 2. The van der Waals surface area contributed by atoms with E-state index in [2.05, 4.69) is 5.32 Å². The first kappa shape index (κ1) is 24.0. The first-order chi connectivity index (χ1) is 14.4. The molecule has 1 heterocycles. The van der Waals surface area contributed by atoms with Crippen LogP contribution in [0.4, 0.5) is 24.7 Å². The number of nitrogens with one attached hydrogen (secondary N) is 1. The van der Waals surface area contributed by atoms with Crippen molar-refractivity contribution >= 4 is 17.3 Å². The zero-order valence-corrected chi connectivity index (χ0v) is 17.7. The molecule has 3 N–H and O–H groups in total. The average molecular weight is 442 g/mol. The first-order valence-corrected chi connectivity index (χ1v) is 9.58. The van der Waals surface area contributed by atoms with E-state index in [1.807, 2.05) is 13.8 Å². The number of hydrogen-bond acceptors (Lipinski definition) is 6. The quantitative estimate of drug-likeness (QED) is 0.608. The second kappa shape index (κ2) is 9.27. The summed E-state index contributed by atoms with van der Waals surface area (Å²) in [7, 11) is 1.23. The molecule has 31 heavy (non-hydrogen) atoms. The van der Waals surface area contributed by atoms with Gasteiger partial charge in [0.2, 0.25) is 0 Å². The Hall–Kier alpha value is -3.24. The van der Waals surface area contributed by atoms with Crippen molar-refractivity contribution in [1.29, 1.82) is 0 Å². The van der Waals surface area contributed by atoms with E-state index >= 15 is 0 Å². The molecular weight excluding hydrogens is 417 g/mol. The second-order valence-electron chi connectivity index (χ2n) is 7.33. The molecule has 170 valence electrons. The molecule has 8 nitrogen and oxygen atoms in total. The summed E-state index contributed by atoms with van der Waals surface area (Å²) in [6.07, 6.45) is -4.59. The number of carbonyl (C=O) groups excluding carboxylic acids is 1. The van der Waals surface area contributed by atoms with Crippen molar-refractivity contribution in [1.82, 2.24) is 9.13 Å². The van der Waals surface area contributed by atoms with Crippen LogP contribution in [0.25, 0.3) is 0 Å². The third kappa shape index (κ3) is 5.28. The van der Waals surface area contributed by atoms with Crippen molar-refractivity contribution in [3.8, 4) is 5.75 Å². The highest BCUT2D eigenvalue weighted by Gasteiger charge is 2.31. The lowest BCUT2D eigenvalue weighted by Gasteiger charge is -2.17. The van der Waals surface area contributed by atoms with Crippen LogP contribution < -0.4 is 27.0 Å². The number of benzene rings is 1. The predicted molar refractivity (Wildman–Crippen MR) is 111 cm³/mol. The number of nitrogen functional groups attached to an aromatic ring is 1. The van der Waals surface area contributed by atoms with Gasteiger partial charge in [-0.05, 0) is 31.0 Å². The van der Waals surface area contributed by atoms with Gasteiger partial charge in [-0.1, -0.05) is 13.8 Å². The fraction of sp³-hybridized carbons (Fsp3) is 0.450. The summed E-state index contributed by atoms with van der Waals surface area (Å²) in [5.41, 5.74) is 3.05. The summed E-state index contributed by atoms with van der Waals surface area (Å²) in [6, 6.07) is 2.84. The number of hydrogen-bond donors (Lipinski definition) is 2. The van der Waals surface area contributed by atoms with Crippen molar-refractivity contribution < 1.29 is 22.7 Å². The van der Waals surface area contributed by atoms with Crippen molar-refractivity contribution in [2.24, 2.45) is 13.0 Å². The van der Waals surface area contributed by atoms with Crippen LogP contribution >= 0.6 is 0 Å². The third-order valence-electron chi connectivity index (χ3n) is 4.46. The Balaban J connectivity index is 2.42. The molecule has 0 amide bonds. The number of Topliss-reactive ketones (excluding diaryl/α,β-unsaturated/α-hetero) is 1. The standard InChI is InChI=1S/C20H25F3N4O4/c1-5-31-15-7-6-12(20(21,22)23)8-13(15)25-9-14(28)16-17(24)27(10-11(2)3)19(30)26(4)18(16)29/h6-8,11,25H,5,9-10,24H2,1-4H3. The summed E-state index contributed by atoms with van der Waals surface area (Å²) in [6.45, 7) is 5.19. The Bertz CT molecular complexity index is 1090. The molecule has 11 heteroatoms. The molecule has 0 bridgehead atoms. The molecular formula is C20H25F3N4O4. The molecule has 0 unspecified atom stereocenters. The van der Waals surface area contributed by atoms with E-state index < -0.39 is 40.9 Å². The van der Waals surface area contributed by atoms with Crippen LogP contribution in [0.2, 0.25) is 0 Å². The Morgan fingerprint density at radius 2 is 1.90 bits per heavy atom. The summed E-state index contributed by atoms with van der Waals surface area (Å²) in [5, 5.41) is 2.59. The highest BCUT2D eigenvalue weighted by Crippen LogP contribution is 2.35. The maximum atomic E-state index is 13.1. The summed E-state index contributed by atoms with van der Waals surface area (Å²) in [5.74, 6) is -0.912. The molecule has 0 aliphatic rings. The molecule has 2 aromatic rings. The minimum atomic E-state index is -4.59. The largest absolute Gasteiger partial charge is 0.492 e. The Kier molecular flexibility index (Phi) is 7.19. The monoisotopic (exact) mass is 442 g/mol. The summed E-state index contributed by atoms with van der Waals surface area (Å²) >= 11 is 0. The van der Waals surface area contributed by atoms with Crippen LogP contribution in [-0.4, -0.2) is 28.1 Å². The van der Waals surface area contributed by atoms with E-state index in [0.717, 1.165) is 27.3 Å². The van der Waals surface area contributed by atoms with Gasteiger partial charge in [0.05, 0.1) is 24.4 Å². The van der Waals surface area contributed by atoms with Gasteiger partial charge < -0.3 is 15.8 Å². The van der Waals surface area contributed by atoms with Gasteiger partial charge in [0, 0.05) is 13.6 Å². The highest BCUT2D eigenvalue weighted by atomic mass is 19.4. The van der Waals surface area contributed by atoms with Gasteiger partial charge in [-0.2, -0.15) is 13.2 Å². The molecule has 0 aliphatic carbocycles. The number of carbonyl (C=O) groups is 1. The zero-order chi connectivity index (χ0) is 23.5. The molecule has 0 atom stereocenters. The Morgan fingerprint density at radius 1 is 1.26 bits per heavy atom. The molecule has 1 aromatic carbocycles. The molecule has 0 saturated heterocycles. The van der Waals surface area contributed by atoms with Gasteiger partial charge in [-0.25, -0.2) is 4.79 Å². The van der Waals surface area contributed by atoms with Gasteiger partial charge in [-0.15, -0.1) is 0 Å². The fourth-order valence-corrected chi connectivity index (χ4v) is 2.98. The fourth-order valence-electron chi connectivity index (χ4n) is 2.98. The normalized spacial score (nSPS) is 11.6. The smallest absolute Gasteiger partial charge is 0.416 e. The maximum absolute atomic E-state index is 13.1. The Labute approximate surface area is 176 Å². The maximum Gasteiger partial charge on any atom is 0.416 e. The van der Waals surface area contributed by atoms with Crippen molar-refractivity contribution in [2.45, 2.75) is 33.5 Å². The van der Waals surface area contributed by atoms with Crippen LogP contribution in [0.5, 0.6) is 5.75 Å². The van der Waals surface area contributed by atoms with Gasteiger partial charge in [0.25, 0.3) is 5.56 Å². The Morgan fingerprint density at radius 3 is 2.45 bits per heavy atom. The number of rotatable bonds is 8. The molecule has 2 rings (SSSR count). The topological polar surface area (TPSA) is 108 Å². The third-order valence-corrected chi connectivity index (χ3v) is 4.46. The van der Waals surface area contributed by atoms with E-state index in [9.17, 15) is 27.6 Å². The van der Waals surface area contributed by atoms with Crippen molar-refractivity contribution in [2.75, 3.05) is 24.2 Å². The average Bonchev–Trinajstić information content (AvgIpc) is 2.68. The number of nitrogens with two attached hydrogens (primary N) is 1. The van der Waals surface area contributed by atoms with Crippen molar-refractivity contribution in [3.63, 3.8) is 0 Å². The van der Waals surface area contributed by atoms with Crippen LogP contribution in [0, 0.1) is 5.92 Å². The lowest BCUT2D eigenvalue weighted by Crippen LogP contribution is -2.43. The summed E-state index contributed by atoms with van der Waals surface area (Å²) < 4.78 is 46.4. The van der Waals surface area contributed by atoms with Gasteiger partial charge >= 0.3 is 11.9 Å². The number of ketones is 1. The molecule has 0 aliphatic heterocycles. The summed E-state index contributed by atoms with van der Waals surface area (Å²) in [4.78, 5) is 37.6. The molecule has 0 fully saturated rings. The van der Waals surface area contributed by atoms with E-state index in [-0.39, 0.29) is 36.3 Å². The van der Waals surface area contributed by atoms with Crippen LogP contribution in [0.1, 0.15) is 36.7 Å². The van der Waals surface area contributed by atoms with Crippen LogP contribution in [0.3, 0.4) is 0 Å².